The van der Waals surface area contributed by atoms with Crippen LogP contribution < -0.4 is 10.2 Å². The van der Waals surface area contributed by atoms with Crippen LogP contribution in [-0.4, -0.2) is 29.5 Å². The number of ether oxygens (including phenoxy) is 1. The van der Waals surface area contributed by atoms with Gasteiger partial charge in [0, 0.05) is 16.5 Å². The van der Waals surface area contributed by atoms with Gasteiger partial charge < -0.3 is 14.8 Å². The molecule has 20 heavy (non-hydrogen) atoms. The van der Waals surface area contributed by atoms with E-state index in [2.05, 4.69) is 6.92 Å². The molecule has 0 aromatic heterocycles. The largest absolute Gasteiger partial charge is 0.497 e. The van der Waals surface area contributed by atoms with E-state index >= 15 is 0 Å². The van der Waals surface area contributed by atoms with E-state index in [1.54, 1.807) is 7.11 Å². The maximum absolute atomic E-state index is 9.38. The van der Waals surface area contributed by atoms with Gasteiger partial charge in [-0.25, -0.2) is 0 Å². The first-order valence-electron chi connectivity index (χ1n) is 7.24. The topological polar surface area (TPSA) is 49.7 Å². The summed E-state index contributed by atoms with van der Waals surface area (Å²) in [6, 6.07) is 5.65. The summed E-state index contributed by atoms with van der Waals surface area (Å²) in [5.41, 5.74) is 1.57. The predicted molar refractivity (Wildman–Crippen MR) is 85.5 cm³/mol. The lowest BCUT2D eigenvalue weighted by Crippen LogP contribution is -2.31. The van der Waals surface area contributed by atoms with E-state index in [0.717, 1.165) is 22.5 Å². The maximum atomic E-state index is 9.38. The van der Waals surface area contributed by atoms with Crippen molar-refractivity contribution in [2.24, 2.45) is 5.92 Å². The van der Waals surface area contributed by atoms with Gasteiger partial charge in [0.1, 0.15) is 5.75 Å². The first kappa shape index (κ1) is 15.7. The number of methoxy groups -OCH3 is 1. The van der Waals surface area contributed by atoms with Gasteiger partial charge in [-0.2, -0.15) is 11.8 Å². The lowest BCUT2D eigenvalue weighted by Gasteiger charge is -2.26. The van der Waals surface area contributed by atoms with Crippen LogP contribution in [-0.2, 0) is 5.75 Å². The summed E-state index contributed by atoms with van der Waals surface area (Å²) in [6.45, 7) is 2.33. The molecule has 1 aliphatic rings. The number of benzene rings is 1. The quantitative estimate of drug-likeness (QED) is 0.817. The molecule has 2 unspecified atom stereocenters. The second-order valence-electron chi connectivity index (χ2n) is 5.65. The van der Waals surface area contributed by atoms with Gasteiger partial charge in [0.2, 0.25) is 0 Å². The van der Waals surface area contributed by atoms with E-state index in [0.29, 0.717) is 11.2 Å². The Hall–Kier alpha value is -0.645. The third kappa shape index (κ3) is 4.17. The molecule has 0 amide bonds. The zero-order chi connectivity index (χ0) is 14.5. The van der Waals surface area contributed by atoms with Crippen LogP contribution in [0, 0.1) is 5.92 Å². The van der Waals surface area contributed by atoms with Crippen molar-refractivity contribution in [2.45, 2.75) is 43.6 Å². The standard InChI is InChI=1S/C15H23BO3S/c1-11-4-3-5-13(8-11)20-10-12-6-7-15(19-2)14(9-12)16(17)18/h6-7,9,11,13,17-18H,3-5,8,10H2,1-2H3. The monoisotopic (exact) mass is 294 g/mol. The Labute approximate surface area is 125 Å². The number of thioether (sulfide) groups is 1. The van der Waals surface area contributed by atoms with Gasteiger partial charge in [0.25, 0.3) is 0 Å². The first-order chi connectivity index (χ1) is 9.60. The molecule has 0 heterocycles. The third-order valence-electron chi connectivity index (χ3n) is 3.95. The summed E-state index contributed by atoms with van der Waals surface area (Å²) in [4.78, 5) is 0. The van der Waals surface area contributed by atoms with E-state index in [4.69, 9.17) is 4.74 Å². The molecule has 0 saturated heterocycles. The minimum Gasteiger partial charge on any atom is -0.497 e. The molecule has 0 bridgehead atoms. The maximum Gasteiger partial charge on any atom is 0.492 e. The van der Waals surface area contributed by atoms with Crippen LogP contribution in [0.1, 0.15) is 38.2 Å². The van der Waals surface area contributed by atoms with Crippen molar-refractivity contribution >= 4 is 24.3 Å². The zero-order valence-electron chi connectivity index (χ0n) is 12.2. The zero-order valence-corrected chi connectivity index (χ0v) is 13.0. The van der Waals surface area contributed by atoms with Crippen molar-refractivity contribution in [1.29, 1.82) is 0 Å². The molecule has 0 spiro atoms. The van der Waals surface area contributed by atoms with Crippen LogP contribution in [0.4, 0.5) is 0 Å². The van der Waals surface area contributed by atoms with Crippen LogP contribution >= 0.6 is 11.8 Å². The predicted octanol–water partition coefficient (Wildman–Crippen LogP) is 2.19. The molecule has 2 N–H and O–H groups in total. The lowest BCUT2D eigenvalue weighted by atomic mass is 9.79. The van der Waals surface area contributed by atoms with Gasteiger partial charge in [0.15, 0.2) is 0 Å². The van der Waals surface area contributed by atoms with Crippen LogP contribution in [0.25, 0.3) is 0 Å². The van der Waals surface area contributed by atoms with Crippen LogP contribution in [0.3, 0.4) is 0 Å². The van der Waals surface area contributed by atoms with E-state index in [-0.39, 0.29) is 0 Å². The first-order valence-corrected chi connectivity index (χ1v) is 8.29. The third-order valence-corrected chi connectivity index (χ3v) is 5.35. The Morgan fingerprint density at radius 2 is 2.15 bits per heavy atom. The Bertz CT molecular complexity index is 439. The van der Waals surface area contributed by atoms with Crippen molar-refractivity contribution in [1.82, 2.24) is 0 Å². The minimum atomic E-state index is -1.48. The highest BCUT2D eigenvalue weighted by Crippen LogP contribution is 2.33. The lowest BCUT2D eigenvalue weighted by molar-refractivity contribution is 0.394. The summed E-state index contributed by atoms with van der Waals surface area (Å²) in [5.74, 6) is 2.29. The highest BCUT2D eigenvalue weighted by molar-refractivity contribution is 7.99. The molecule has 1 aromatic carbocycles. The second kappa shape index (κ2) is 7.39. The Kier molecular flexibility index (Phi) is 5.81. The fraction of sp³-hybridized carbons (Fsp3) is 0.600. The molecular weight excluding hydrogens is 271 g/mol. The molecule has 0 radical (unpaired) electrons. The van der Waals surface area contributed by atoms with Gasteiger partial charge in [-0.05, 0) is 30.4 Å². The molecule has 1 fully saturated rings. The normalized spacial score (nSPS) is 22.6. The van der Waals surface area contributed by atoms with Gasteiger partial charge in [-0.1, -0.05) is 31.9 Å². The Morgan fingerprint density at radius 3 is 2.80 bits per heavy atom. The molecule has 1 aliphatic carbocycles. The smallest absolute Gasteiger partial charge is 0.492 e. The van der Waals surface area contributed by atoms with E-state index in [1.807, 2.05) is 30.0 Å². The van der Waals surface area contributed by atoms with Gasteiger partial charge in [-0.15, -0.1) is 0 Å². The Balaban J connectivity index is 1.97. The molecule has 110 valence electrons. The Morgan fingerprint density at radius 1 is 1.35 bits per heavy atom. The summed E-state index contributed by atoms with van der Waals surface area (Å²) in [7, 11) is 0.0589. The van der Waals surface area contributed by atoms with Crippen LogP contribution in [0.15, 0.2) is 18.2 Å². The molecule has 5 heteroatoms. The summed E-state index contributed by atoms with van der Waals surface area (Å²) >= 11 is 1.98. The van der Waals surface area contributed by atoms with Gasteiger partial charge in [-0.3, -0.25) is 0 Å². The summed E-state index contributed by atoms with van der Waals surface area (Å²) in [5, 5.41) is 19.5. The number of rotatable bonds is 5. The van der Waals surface area contributed by atoms with Crippen molar-refractivity contribution in [2.75, 3.05) is 7.11 Å². The summed E-state index contributed by atoms with van der Waals surface area (Å²) < 4.78 is 5.14. The molecule has 2 atom stereocenters. The van der Waals surface area contributed by atoms with Crippen LogP contribution in [0.5, 0.6) is 5.75 Å². The fourth-order valence-electron chi connectivity index (χ4n) is 2.82. The number of hydrogen-bond acceptors (Lipinski definition) is 4. The molecule has 1 saturated carbocycles. The van der Waals surface area contributed by atoms with Crippen LogP contribution in [0.2, 0.25) is 0 Å². The fourth-order valence-corrected chi connectivity index (χ4v) is 4.22. The van der Waals surface area contributed by atoms with Crippen molar-refractivity contribution in [3.63, 3.8) is 0 Å². The van der Waals surface area contributed by atoms with Crippen molar-refractivity contribution in [3.05, 3.63) is 23.8 Å². The highest BCUT2D eigenvalue weighted by Gasteiger charge is 2.20. The molecule has 1 aromatic rings. The molecule has 3 nitrogen and oxygen atoms in total. The van der Waals surface area contributed by atoms with E-state index < -0.39 is 7.12 Å². The van der Waals surface area contributed by atoms with Gasteiger partial charge >= 0.3 is 7.12 Å². The minimum absolute atomic E-state index is 0.447. The van der Waals surface area contributed by atoms with Crippen molar-refractivity contribution < 1.29 is 14.8 Å². The molecular formula is C15H23BO3S. The van der Waals surface area contributed by atoms with E-state index in [9.17, 15) is 10.0 Å². The SMILES string of the molecule is COc1ccc(CSC2CCCC(C)C2)cc1B(O)O. The average Bonchev–Trinajstić information content (AvgIpc) is 2.45. The van der Waals surface area contributed by atoms with E-state index in [1.165, 1.54) is 25.7 Å². The second-order valence-corrected chi connectivity index (χ2v) is 6.94. The highest BCUT2D eigenvalue weighted by atomic mass is 32.2. The van der Waals surface area contributed by atoms with Crippen molar-refractivity contribution in [3.8, 4) is 5.75 Å². The van der Waals surface area contributed by atoms with Gasteiger partial charge in [0.05, 0.1) is 7.11 Å². The summed E-state index contributed by atoms with van der Waals surface area (Å²) in [6.07, 6.45) is 5.31. The average molecular weight is 294 g/mol. The number of hydrogen-bond donors (Lipinski definition) is 2. The molecule has 0 aliphatic heterocycles. The molecule has 2 rings (SSSR count).